The standard InChI is InChI=1S/C14H17BO4S/c16-14(17)12-10(8-20-11-2-1-3-11)5-4-9-6-7-15(18)19-13(9)12/h4-5,11,18H,1-3,6-8H2,(H,16,17). The van der Waals surface area contributed by atoms with E-state index in [4.69, 9.17) is 4.65 Å². The zero-order chi connectivity index (χ0) is 14.1. The fourth-order valence-corrected chi connectivity index (χ4v) is 3.89. The molecule has 2 N–H and O–H groups in total. The van der Waals surface area contributed by atoms with Crippen LogP contribution in [0.4, 0.5) is 0 Å². The van der Waals surface area contributed by atoms with E-state index in [1.807, 2.05) is 23.9 Å². The number of carboxylic acid groups (broad SMARTS) is 1. The molecule has 4 nitrogen and oxygen atoms in total. The van der Waals surface area contributed by atoms with Crippen LogP contribution in [0.2, 0.25) is 6.32 Å². The summed E-state index contributed by atoms with van der Waals surface area (Å²) in [6.07, 6.45) is 4.92. The van der Waals surface area contributed by atoms with Crippen LogP contribution in [0.5, 0.6) is 5.75 Å². The molecule has 0 aromatic heterocycles. The summed E-state index contributed by atoms with van der Waals surface area (Å²) in [4.78, 5) is 11.6. The maximum absolute atomic E-state index is 11.6. The van der Waals surface area contributed by atoms with Crippen molar-refractivity contribution in [2.24, 2.45) is 0 Å². The fraction of sp³-hybridized carbons (Fsp3) is 0.500. The van der Waals surface area contributed by atoms with Crippen molar-refractivity contribution in [2.75, 3.05) is 0 Å². The molecule has 106 valence electrons. The minimum Gasteiger partial charge on any atom is -0.535 e. The Labute approximate surface area is 122 Å². The van der Waals surface area contributed by atoms with Crippen LogP contribution in [-0.4, -0.2) is 28.5 Å². The van der Waals surface area contributed by atoms with Gasteiger partial charge in [-0.1, -0.05) is 18.6 Å². The third kappa shape index (κ3) is 2.67. The lowest BCUT2D eigenvalue weighted by Crippen LogP contribution is -2.28. The average molecular weight is 292 g/mol. The van der Waals surface area contributed by atoms with Gasteiger partial charge >= 0.3 is 13.1 Å². The minimum absolute atomic E-state index is 0.230. The lowest BCUT2D eigenvalue weighted by molar-refractivity contribution is 0.0693. The first-order chi connectivity index (χ1) is 9.65. The molecule has 6 heteroatoms. The second kappa shape index (κ2) is 5.70. The Morgan fingerprint density at radius 3 is 2.90 bits per heavy atom. The highest BCUT2D eigenvalue weighted by molar-refractivity contribution is 7.99. The smallest absolute Gasteiger partial charge is 0.522 e. The van der Waals surface area contributed by atoms with Crippen molar-refractivity contribution < 1.29 is 19.6 Å². The van der Waals surface area contributed by atoms with Gasteiger partial charge in [-0.2, -0.15) is 11.8 Å². The average Bonchev–Trinajstić information content (AvgIpc) is 2.35. The number of rotatable bonds is 4. The second-order valence-corrected chi connectivity index (χ2v) is 6.66. The molecular formula is C14H17BO4S. The molecule has 0 atom stereocenters. The molecule has 1 heterocycles. The topological polar surface area (TPSA) is 66.8 Å². The first kappa shape index (κ1) is 13.8. The molecule has 1 saturated carbocycles. The molecule has 0 saturated heterocycles. The van der Waals surface area contributed by atoms with E-state index in [9.17, 15) is 14.9 Å². The van der Waals surface area contributed by atoms with Crippen LogP contribution >= 0.6 is 11.8 Å². The largest absolute Gasteiger partial charge is 0.535 e. The van der Waals surface area contributed by atoms with E-state index >= 15 is 0 Å². The van der Waals surface area contributed by atoms with Gasteiger partial charge in [0.1, 0.15) is 11.3 Å². The monoisotopic (exact) mass is 292 g/mol. The molecule has 1 aromatic rings. The van der Waals surface area contributed by atoms with Crippen LogP contribution in [0.1, 0.15) is 40.7 Å². The summed E-state index contributed by atoms with van der Waals surface area (Å²) in [5.41, 5.74) is 1.90. The molecule has 1 aliphatic carbocycles. The van der Waals surface area contributed by atoms with Crippen LogP contribution in [0, 0.1) is 0 Å². The summed E-state index contributed by atoms with van der Waals surface area (Å²) in [6.45, 7) is 0. The maximum atomic E-state index is 11.6. The number of hydrogen-bond acceptors (Lipinski definition) is 4. The Balaban J connectivity index is 1.88. The van der Waals surface area contributed by atoms with Gasteiger partial charge in [0.05, 0.1) is 0 Å². The van der Waals surface area contributed by atoms with E-state index in [2.05, 4.69) is 0 Å². The normalized spacial score (nSPS) is 18.1. The molecule has 1 aliphatic heterocycles. The van der Waals surface area contributed by atoms with Gasteiger partial charge in [-0.05, 0) is 36.7 Å². The van der Waals surface area contributed by atoms with Crippen molar-refractivity contribution >= 4 is 24.8 Å². The molecule has 0 spiro atoms. The van der Waals surface area contributed by atoms with Gasteiger partial charge in [-0.25, -0.2) is 4.79 Å². The number of hydrogen-bond donors (Lipinski definition) is 2. The van der Waals surface area contributed by atoms with Crippen LogP contribution in [-0.2, 0) is 12.2 Å². The molecule has 0 amide bonds. The van der Waals surface area contributed by atoms with Crippen molar-refractivity contribution in [3.8, 4) is 5.75 Å². The highest BCUT2D eigenvalue weighted by atomic mass is 32.2. The van der Waals surface area contributed by atoms with E-state index in [1.54, 1.807) is 0 Å². The van der Waals surface area contributed by atoms with Gasteiger partial charge in [0.2, 0.25) is 0 Å². The SMILES string of the molecule is O=C(O)c1c(CSC2CCC2)ccc2c1OB(O)CC2. The summed E-state index contributed by atoms with van der Waals surface area (Å²) in [5, 5.41) is 19.7. The Morgan fingerprint density at radius 1 is 1.45 bits per heavy atom. The number of carbonyl (C=O) groups is 1. The molecular weight excluding hydrogens is 275 g/mol. The van der Waals surface area contributed by atoms with Crippen LogP contribution in [0.3, 0.4) is 0 Å². The first-order valence-corrected chi connectivity index (χ1v) is 8.04. The number of fused-ring (bicyclic) bond motifs is 1. The summed E-state index contributed by atoms with van der Waals surface area (Å²) in [5.74, 6) is 0.0853. The molecule has 0 unspecified atom stereocenters. The van der Waals surface area contributed by atoms with Crippen molar-refractivity contribution in [1.29, 1.82) is 0 Å². The van der Waals surface area contributed by atoms with Gasteiger partial charge in [0.25, 0.3) is 0 Å². The summed E-state index contributed by atoms with van der Waals surface area (Å²) >= 11 is 1.82. The molecule has 1 aromatic carbocycles. The quantitative estimate of drug-likeness (QED) is 0.835. The number of aryl methyl sites for hydroxylation is 1. The third-order valence-electron chi connectivity index (χ3n) is 3.98. The third-order valence-corrected chi connectivity index (χ3v) is 5.40. The van der Waals surface area contributed by atoms with E-state index in [-0.39, 0.29) is 5.56 Å². The minimum atomic E-state index is -0.972. The van der Waals surface area contributed by atoms with Crippen LogP contribution in [0.15, 0.2) is 12.1 Å². The highest BCUT2D eigenvalue weighted by Gasteiger charge is 2.29. The van der Waals surface area contributed by atoms with Crippen LogP contribution < -0.4 is 4.65 Å². The zero-order valence-corrected chi connectivity index (χ0v) is 12.0. The van der Waals surface area contributed by atoms with Crippen molar-refractivity contribution in [3.05, 3.63) is 28.8 Å². The molecule has 2 aliphatic rings. The lowest BCUT2D eigenvalue weighted by Gasteiger charge is -2.26. The van der Waals surface area contributed by atoms with Crippen molar-refractivity contribution in [1.82, 2.24) is 0 Å². The Bertz CT molecular complexity index is 530. The van der Waals surface area contributed by atoms with Crippen molar-refractivity contribution in [2.45, 2.75) is 43.0 Å². The maximum Gasteiger partial charge on any atom is 0.522 e. The number of benzene rings is 1. The van der Waals surface area contributed by atoms with E-state index in [1.165, 1.54) is 19.3 Å². The van der Waals surface area contributed by atoms with Gasteiger partial charge in [0, 0.05) is 11.0 Å². The van der Waals surface area contributed by atoms with E-state index < -0.39 is 13.1 Å². The predicted molar refractivity (Wildman–Crippen MR) is 79.4 cm³/mol. The Morgan fingerprint density at radius 2 is 2.25 bits per heavy atom. The van der Waals surface area contributed by atoms with Gasteiger partial charge in [-0.15, -0.1) is 0 Å². The fourth-order valence-electron chi connectivity index (χ4n) is 2.57. The zero-order valence-electron chi connectivity index (χ0n) is 11.2. The van der Waals surface area contributed by atoms with Gasteiger partial charge in [0.15, 0.2) is 0 Å². The predicted octanol–water partition coefficient (Wildman–Crippen LogP) is 2.59. The lowest BCUT2D eigenvalue weighted by atomic mass is 9.78. The van der Waals surface area contributed by atoms with Crippen molar-refractivity contribution in [3.63, 3.8) is 0 Å². The molecule has 20 heavy (non-hydrogen) atoms. The second-order valence-electron chi connectivity index (χ2n) is 5.37. The van der Waals surface area contributed by atoms with Gasteiger partial charge < -0.3 is 14.8 Å². The molecule has 3 rings (SSSR count). The van der Waals surface area contributed by atoms with Gasteiger partial charge in [-0.3, -0.25) is 0 Å². The first-order valence-electron chi connectivity index (χ1n) is 6.99. The highest BCUT2D eigenvalue weighted by Crippen LogP contribution is 2.37. The number of carboxylic acids is 1. The Kier molecular flexibility index (Phi) is 3.94. The molecule has 1 fully saturated rings. The summed E-state index contributed by atoms with van der Waals surface area (Å²) in [6, 6.07) is 3.83. The summed E-state index contributed by atoms with van der Waals surface area (Å²) in [7, 11) is -0.893. The van der Waals surface area contributed by atoms with Crippen LogP contribution in [0.25, 0.3) is 0 Å². The van der Waals surface area contributed by atoms with E-state index in [0.717, 1.165) is 11.1 Å². The van der Waals surface area contributed by atoms with E-state index in [0.29, 0.717) is 29.5 Å². The Hall–Kier alpha value is -1.14. The number of aromatic carboxylic acids is 1. The summed E-state index contributed by atoms with van der Waals surface area (Å²) < 4.78 is 5.38. The molecule has 0 radical (unpaired) electrons. The number of thioether (sulfide) groups is 1. The molecule has 0 bridgehead atoms.